The van der Waals surface area contributed by atoms with Crippen molar-refractivity contribution in [2.75, 3.05) is 18.5 Å². The Morgan fingerprint density at radius 3 is 2.62 bits per heavy atom. The minimum Gasteiger partial charge on any atom is -0.480 e. The Hall–Kier alpha value is -2.11. The van der Waals surface area contributed by atoms with Crippen LogP contribution in [0.1, 0.15) is 10.4 Å². The number of hydrogen-bond donors (Lipinski definition) is 2. The quantitative estimate of drug-likeness (QED) is 0.780. The van der Waals surface area contributed by atoms with Gasteiger partial charge < -0.3 is 15.7 Å². The molecule has 1 aromatic rings. The summed E-state index contributed by atoms with van der Waals surface area (Å²) in [6.07, 6.45) is 0. The Morgan fingerprint density at radius 2 is 2.12 bits per heavy atom. The number of rotatable bonds is 4. The number of carboxylic acid groups (broad SMARTS) is 1. The molecule has 0 saturated carbocycles. The number of primary amides is 1. The molecular weight excluding hydrogens is 215 g/mol. The number of carboxylic acids is 1. The van der Waals surface area contributed by atoms with Crippen LogP contribution in [0.4, 0.5) is 10.1 Å². The van der Waals surface area contributed by atoms with Crippen LogP contribution in [0.2, 0.25) is 0 Å². The van der Waals surface area contributed by atoms with Crippen LogP contribution in [0.3, 0.4) is 0 Å². The number of carbonyl (C=O) groups excluding carboxylic acids is 1. The third-order valence-corrected chi connectivity index (χ3v) is 2.01. The standard InChI is InChI=1S/C10H11FN2O3/c1-13(5-9(14)15)8-3-2-6(11)4-7(8)10(12)16/h2-4H,5H2,1H3,(H2,12,16)(H,14,15). The molecule has 1 amide bonds. The zero-order chi connectivity index (χ0) is 12.3. The molecule has 0 aliphatic heterocycles. The number of anilines is 1. The summed E-state index contributed by atoms with van der Waals surface area (Å²) in [6, 6.07) is 3.44. The summed E-state index contributed by atoms with van der Waals surface area (Å²) in [4.78, 5) is 22.9. The predicted molar refractivity (Wildman–Crippen MR) is 55.8 cm³/mol. The fourth-order valence-corrected chi connectivity index (χ4v) is 1.33. The lowest BCUT2D eigenvalue weighted by Gasteiger charge is -2.19. The number of aliphatic carboxylic acids is 1. The van der Waals surface area contributed by atoms with Gasteiger partial charge in [0.1, 0.15) is 12.4 Å². The molecule has 0 aliphatic carbocycles. The molecule has 0 saturated heterocycles. The molecule has 0 heterocycles. The van der Waals surface area contributed by atoms with Crippen molar-refractivity contribution in [3.05, 3.63) is 29.6 Å². The van der Waals surface area contributed by atoms with Crippen molar-refractivity contribution in [1.29, 1.82) is 0 Å². The number of hydrogen-bond acceptors (Lipinski definition) is 3. The average Bonchev–Trinajstić information content (AvgIpc) is 2.16. The highest BCUT2D eigenvalue weighted by atomic mass is 19.1. The van der Waals surface area contributed by atoms with Crippen molar-refractivity contribution in [1.82, 2.24) is 0 Å². The molecular formula is C10H11FN2O3. The van der Waals surface area contributed by atoms with E-state index in [9.17, 15) is 14.0 Å². The Balaban J connectivity index is 3.12. The van der Waals surface area contributed by atoms with E-state index in [0.29, 0.717) is 0 Å². The highest BCUT2D eigenvalue weighted by Crippen LogP contribution is 2.19. The number of carbonyl (C=O) groups is 2. The highest BCUT2D eigenvalue weighted by molar-refractivity contribution is 5.99. The molecule has 0 bridgehead atoms. The van der Waals surface area contributed by atoms with Crippen molar-refractivity contribution in [2.45, 2.75) is 0 Å². The monoisotopic (exact) mass is 226 g/mol. The molecule has 1 aromatic carbocycles. The molecule has 0 spiro atoms. The molecule has 16 heavy (non-hydrogen) atoms. The lowest BCUT2D eigenvalue weighted by atomic mass is 10.1. The lowest BCUT2D eigenvalue weighted by Crippen LogP contribution is -2.27. The van der Waals surface area contributed by atoms with Gasteiger partial charge in [-0.25, -0.2) is 4.39 Å². The number of nitrogens with zero attached hydrogens (tertiary/aromatic N) is 1. The molecule has 86 valence electrons. The van der Waals surface area contributed by atoms with Crippen LogP contribution in [0.15, 0.2) is 18.2 Å². The van der Waals surface area contributed by atoms with Gasteiger partial charge in [-0.15, -0.1) is 0 Å². The average molecular weight is 226 g/mol. The van der Waals surface area contributed by atoms with E-state index in [2.05, 4.69) is 0 Å². The number of likely N-dealkylation sites (N-methyl/N-ethyl adjacent to an activating group) is 1. The Kier molecular flexibility index (Phi) is 3.44. The van der Waals surface area contributed by atoms with E-state index in [-0.39, 0.29) is 17.8 Å². The first-order valence-electron chi connectivity index (χ1n) is 4.44. The minimum absolute atomic E-state index is 0.0382. The lowest BCUT2D eigenvalue weighted by molar-refractivity contribution is -0.135. The van der Waals surface area contributed by atoms with Gasteiger partial charge >= 0.3 is 5.97 Å². The maximum Gasteiger partial charge on any atom is 0.323 e. The van der Waals surface area contributed by atoms with Crippen molar-refractivity contribution >= 4 is 17.6 Å². The Labute approximate surface area is 91.3 Å². The number of nitrogens with two attached hydrogens (primary N) is 1. The summed E-state index contributed by atoms with van der Waals surface area (Å²) < 4.78 is 12.9. The molecule has 6 heteroatoms. The summed E-state index contributed by atoms with van der Waals surface area (Å²) in [5, 5.41) is 8.60. The van der Waals surface area contributed by atoms with Crippen molar-refractivity contribution < 1.29 is 19.1 Å². The first-order valence-corrected chi connectivity index (χ1v) is 4.44. The van der Waals surface area contributed by atoms with Crippen molar-refractivity contribution in [3.63, 3.8) is 0 Å². The summed E-state index contributed by atoms with van der Waals surface area (Å²) in [5.74, 6) is -2.45. The second kappa shape index (κ2) is 4.61. The third-order valence-electron chi connectivity index (χ3n) is 2.01. The molecule has 0 unspecified atom stereocenters. The molecule has 5 nitrogen and oxygen atoms in total. The Bertz CT molecular complexity index is 434. The van der Waals surface area contributed by atoms with Gasteiger partial charge in [-0.05, 0) is 18.2 Å². The fourth-order valence-electron chi connectivity index (χ4n) is 1.33. The summed E-state index contributed by atoms with van der Waals surface area (Å²) in [7, 11) is 1.48. The van der Waals surface area contributed by atoms with Gasteiger partial charge in [0.15, 0.2) is 0 Å². The van der Waals surface area contributed by atoms with Crippen molar-refractivity contribution in [3.8, 4) is 0 Å². The summed E-state index contributed by atoms with van der Waals surface area (Å²) in [5.41, 5.74) is 5.32. The van der Waals surface area contributed by atoms with Gasteiger partial charge in [0.2, 0.25) is 0 Å². The number of halogens is 1. The van der Waals surface area contributed by atoms with Gasteiger partial charge in [0, 0.05) is 12.7 Å². The van der Waals surface area contributed by atoms with Gasteiger partial charge in [-0.3, -0.25) is 9.59 Å². The molecule has 0 radical (unpaired) electrons. The normalized spacial score (nSPS) is 9.88. The minimum atomic E-state index is -1.05. The van der Waals surface area contributed by atoms with Crippen LogP contribution in [0.25, 0.3) is 0 Å². The molecule has 0 atom stereocenters. The molecule has 0 aromatic heterocycles. The van der Waals surface area contributed by atoms with Gasteiger partial charge in [0.05, 0.1) is 5.56 Å². The first-order chi connectivity index (χ1) is 7.41. The second-order valence-electron chi connectivity index (χ2n) is 3.28. The van der Waals surface area contributed by atoms with Gasteiger partial charge in [0.25, 0.3) is 5.91 Å². The third kappa shape index (κ3) is 2.69. The molecule has 0 fully saturated rings. The van der Waals surface area contributed by atoms with Crippen LogP contribution in [0, 0.1) is 5.82 Å². The Morgan fingerprint density at radius 1 is 1.50 bits per heavy atom. The van der Waals surface area contributed by atoms with E-state index in [1.165, 1.54) is 18.0 Å². The molecule has 0 aliphatic rings. The summed E-state index contributed by atoms with van der Waals surface area (Å²) >= 11 is 0. The van der Waals surface area contributed by atoms with E-state index < -0.39 is 17.7 Å². The predicted octanol–water partition coefficient (Wildman–Crippen LogP) is 0.445. The molecule has 3 N–H and O–H groups in total. The SMILES string of the molecule is CN(CC(=O)O)c1ccc(F)cc1C(N)=O. The second-order valence-corrected chi connectivity index (χ2v) is 3.28. The van der Waals surface area contributed by atoms with Gasteiger partial charge in [-0.1, -0.05) is 0 Å². The van der Waals surface area contributed by atoms with Gasteiger partial charge in [-0.2, -0.15) is 0 Å². The van der Waals surface area contributed by atoms with E-state index in [1.54, 1.807) is 0 Å². The van der Waals surface area contributed by atoms with Crippen LogP contribution < -0.4 is 10.6 Å². The van der Waals surface area contributed by atoms with Crippen molar-refractivity contribution in [2.24, 2.45) is 5.73 Å². The van der Waals surface area contributed by atoms with Crippen LogP contribution in [-0.2, 0) is 4.79 Å². The van der Waals surface area contributed by atoms with Crippen LogP contribution in [-0.4, -0.2) is 30.6 Å². The maximum atomic E-state index is 12.9. The topological polar surface area (TPSA) is 83.6 Å². The molecule has 1 rings (SSSR count). The largest absolute Gasteiger partial charge is 0.480 e. The highest BCUT2D eigenvalue weighted by Gasteiger charge is 2.14. The van der Waals surface area contributed by atoms with E-state index in [4.69, 9.17) is 10.8 Å². The van der Waals surface area contributed by atoms with Crippen LogP contribution >= 0.6 is 0 Å². The zero-order valence-corrected chi connectivity index (χ0v) is 8.61. The van der Waals surface area contributed by atoms with Crippen LogP contribution in [0.5, 0.6) is 0 Å². The van der Waals surface area contributed by atoms with E-state index in [1.807, 2.05) is 0 Å². The van der Waals surface area contributed by atoms with E-state index in [0.717, 1.165) is 12.1 Å². The zero-order valence-electron chi connectivity index (χ0n) is 8.61. The summed E-state index contributed by atoms with van der Waals surface area (Å²) in [6.45, 7) is -0.300. The maximum absolute atomic E-state index is 12.9. The first kappa shape index (κ1) is 12.0. The fraction of sp³-hybridized carbons (Fsp3) is 0.200. The number of amides is 1. The number of benzene rings is 1. The van der Waals surface area contributed by atoms with E-state index >= 15 is 0 Å². The smallest absolute Gasteiger partial charge is 0.323 e.